The molecule has 2 rings (SSSR count). The summed E-state index contributed by atoms with van der Waals surface area (Å²) in [6.45, 7) is 1.06. The second-order valence-electron chi connectivity index (χ2n) is 4.51. The van der Waals surface area contributed by atoms with Crippen LogP contribution in [0.25, 0.3) is 0 Å². The van der Waals surface area contributed by atoms with Crippen LogP contribution >= 0.6 is 15.9 Å². The number of hydrogen-bond acceptors (Lipinski definition) is 3. The topological polar surface area (TPSA) is 52.3 Å². The lowest BCUT2D eigenvalue weighted by atomic mass is 10.1. The lowest BCUT2D eigenvalue weighted by Crippen LogP contribution is -2.09. The zero-order valence-corrected chi connectivity index (χ0v) is 14.0. The lowest BCUT2D eigenvalue weighted by molar-refractivity contribution is 0.342. The Balaban J connectivity index is 1.84. The molecule has 2 aromatic carbocycles. The zero-order valence-electron chi connectivity index (χ0n) is 11.6. The fourth-order valence-electron chi connectivity index (χ4n) is 1.89. The first kappa shape index (κ1) is 16.2. The van der Waals surface area contributed by atoms with E-state index in [1.165, 1.54) is 5.56 Å². The first-order valence-electron chi connectivity index (χ1n) is 6.75. The van der Waals surface area contributed by atoms with Crippen molar-refractivity contribution in [3.8, 4) is 5.75 Å². The van der Waals surface area contributed by atoms with E-state index in [2.05, 4.69) is 15.9 Å². The van der Waals surface area contributed by atoms with Crippen LogP contribution in [0, 0.1) is 0 Å². The maximum Gasteiger partial charge on any atom is 0.119 e. The van der Waals surface area contributed by atoms with Gasteiger partial charge >= 0.3 is 0 Å². The molecule has 1 atom stereocenters. The van der Waals surface area contributed by atoms with Crippen LogP contribution in [-0.4, -0.2) is 23.1 Å². The molecule has 21 heavy (non-hydrogen) atoms. The predicted octanol–water partition coefficient (Wildman–Crippen LogP) is 3.14. The summed E-state index contributed by atoms with van der Waals surface area (Å²) in [5, 5.41) is 0. The minimum atomic E-state index is -1.06. The van der Waals surface area contributed by atoms with Crippen LogP contribution in [-0.2, 0) is 17.2 Å². The smallest absolute Gasteiger partial charge is 0.119 e. The van der Waals surface area contributed by atoms with Crippen LogP contribution in [0.2, 0.25) is 0 Å². The Morgan fingerprint density at radius 1 is 1.10 bits per heavy atom. The number of benzene rings is 2. The zero-order chi connectivity index (χ0) is 15.1. The van der Waals surface area contributed by atoms with Gasteiger partial charge in [-0.05, 0) is 58.7 Å². The van der Waals surface area contributed by atoms with Crippen LogP contribution in [0.1, 0.15) is 5.56 Å². The minimum absolute atomic E-state index is 0.421. The minimum Gasteiger partial charge on any atom is -0.493 e. The quantitative estimate of drug-likeness (QED) is 0.817. The SMILES string of the molecule is NCCc1ccc(OCCS(=O)c2ccccc2Br)cc1. The first-order valence-corrected chi connectivity index (χ1v) is 8.86. The molecule has 0 amide bonds. The molecule has 0 saturated carbocycles. The Hall–Kier alpha value is -1.17. The highest BCUT2D eigenvalue weighted by Gasteiger charge is 2.07. The number of ether oxygens (including phenoxy) is 1. The van der Waals surface area contributed by atoms with Crippen molar-refractivity contribution < 1.29 is 8.95 Å². The molecule has 0 aromatic heterocycles. The van der Waals surface area contributed by atoms with E-state index in [1.54, 1.807) is 0 Å². The molecule has 5 heteroatoms. The van der Waals surface area contributed by atoms with Crippen LogP contribution in [0.4, 0.5) is 0 Å². The molecule has 0 radical (unpaired) electrons. The fraction of sp³-hybridized carbons (Fsp3) is 0.250. The van der Waals surface area contributed by atoms with Crippen LogP contribution in [0.5, 0.6) is 5.75 Å². The summed E-state index contributed by atoms with van der Waals surface area (Å²) in [5.74, 6) is 1.26. The summed E-state index contributed by atoms with van der Waals surface area (Å²) in [6, 6.07) is 15.4. The highest BCUT2D eigenvalue weighted by atomic mass is 79.9. The molecule has 0 aliphatic carbocycles. The van der Waals surface area contributed by atoms with Gasteiger partial charge in [0.1, 0.15) is 12.4 Å². The average molecular weight is 368 g/mol. The number of rotatable bonds is 7. The van der Waals surface area contributed by atoms with E-state index in [0.29, 0.717) is 18.9 Å². The molecule has 0 saturated heterocycles. The van der Waals surface area contributed by atoms with Gasteiger partial charge < -0.3 is 10.5 Å². The summed E-state index contributed by atoms with van der Waals surface area (Å²) in [6.07, 6.45) is 0.867. The maximum atomic E-state index is 12.2. The largest absolute Gasteiger partial charge is 0.493 e. The highest BCUT2D eigenvalue weighted by Crippen LogP contribution is 2.20. The van der Waals surface area contributed by atoms with E-state index in [4.69, 9.17) is 10.5 Å². The van der Waals surface area contributed by atoms with E-state index in [9.17, 15) is 4.21 Å². The average Bonchev–Trinajstić information content (AvgIpc) is 2.49. The van der Waals surface area contributed by atoms with Crippen molar-refractivity contribution in [1.82, 2.24) is 0 Å². The van der Waals surface area contributed by atoms with Crippen molar-refractivity contribution in [3.05, 3.63) is 58.6 Å². The Morgan fingerprint density at radius 3 is 2.48 bits per heavy atom. The van der Waals surface area contributed by atoms with Crippen molar-refractivity contribution in [3.63, 3.8) is 0 Å². The van der Waals surface area contributed by atoms with E-state index < -0.39 is 10.8 Å². The molecular weight excluding hydrogens is 350 g/mol. The third kappa shape index (κ3) is 4.95. The second-order valence-corrected chi connectivity index (χ2v) is 6.90. The van der Waals surface area contributed by atoms with E-state index in [-0.39, 0.29) is 0 Å². The van der Waals surface area contributed by atoms with Gasteiger partial charge in [-0.15, -0.1) is 0 Å². The van der Waals surface area contributed by atoms with Crippen molar-refractivity contribution in [2.45, 2.75) is 11.3 Å². The van der Waals surface area contributed by atoms with Crippen molar-refractivity contribution in [2.24, 2.45) is 5.73 Å². The van der Waals surface area contributed by atoms with Crippen molar-refractivity contribution in [2.75, 3.05) is 18.9 Å². The molecule has 0 spiro atoms. The van der Waals surface area contributed by atoms with Gasteiger partial charge in [0.15, 0.2) is 0 Å². The summed E-state index contributed by atoms with van der Waals surface area (Å²) < 4.78 is 18.7. The fourth-order valence-corrected chi connectivity index (χ4v) is 3.69. The summed E-state index contributed by atoms with van der Waals surface area (Å²) in [4.78, 5) is 0.805. The molecule has 3 nitrogen and oxygen atoms in total. The van der Waals surface area contributed by atoms with Crippen molar-refractivity contribution >= 4 is 26.7 Å². The maximum absolute atomic E-state index is 12.2. The third-order valence-corrected chi connectivity index (χ3v) is 5.31. The van der Waals surface area contributed by atoms with E-state index >= 15 is 0 Å². The van der Waals surface area contributed by atoms with E-state index in [1.807, 2.05) is 48.5 Å². The van der Waals surface area contributed by atoms with Crippen LogP contribution < -0.4 is 10.5 Å². The summed E-state index contributed by atoms with van der Waals surface area (Å²) in [5.41, 5.74) is 6.71. The molecule has 0 aliphatic heterocycles. The molecule has 2 aromatic rings. The number of hydrogen-bond donors (Lipinski definition) is 1. The van der Waals surface area contributed by atoms with Gasteiger partial charge in [0.2, 0.25) is 0 Å². The molecule has 0 fully saturated rings. The Labute approximate surface area is 136 Å². The molecule has 112 valence electrons. The summed E-state index contributed by atoms with van der Waals surface area (Å²) in [7, 11) is -1.06. The molecule has 0 bridgehead atoms. The summed E-state index contributed by atoms with van der Waals surface area (Å²) >= 11 is 3.41. The van der Waals surface area contributed by atoms with Gasteiger partial charge in [0, 0.05) is 4.47 Å². The van der Waals surface area contributed by atoms with Gasteiger partial charge in [-0.3, -0.25) is 4.21 Å². The van der Waals surface area contributed by atoms with Gasteiger partial charge in [-0.1, -0.05) is 24.3 Å². The standard InChI is InChI=1S/C16H18BrNO2S/c17-15-3-1-2-4-16(15)21(19)12-11-20-14-7-5-13(6-8-14)9-10-18/h1-8H,9-12,18H2. The number of halogens is 1. The molecule has 2 N–H and O–H groups in total. The van der Waals surface area contributed by atoms with Crippen LogP contribution in [0.15, 0.2) is 57.9 Å². The predicted molar refractivity (Wildman–Crippen MR) is 90.1 cm³/mol. The van der Waals surface area contributed by atoms with Crippen LogP contribution in [0.3, 0.4) is 0 Å². The third-order valence-electron chi connectivity index (χ3n) is 2.98. The normalized spacial score (nSPS) is 12.1. The monoisotopic (exact) mass is 367 g/mol. The number of nitrogens with two attached hydrogens (primary N) is 1. The van der Waals surface area contributed by atoms with Gasteiger partial charge in [0.25, 0.3) is 0 Å². The van der Waals surface area contributed by atoms with Crippen molar-refractivity contribution in [1.29, 1.82) is 0 Å². The Bertz CT molecular complexity index is 601. The van der Waals surface area contributed by atoms with Gasteiger partial charge in [-0.25, -0.2) is 0 Å². The molecule has 1 unspecified atom stereocenters. The van der Waals surface area contributed by atoms with E-state index in [0.717, 1.165) is 21.5 Å². The molecule has 0 aliphatic rings. The Morgan fingerprint density at radius 2 is 1.81 bits per heavy atom. The van der Waals surface area contributed by atoms with Gasteiger partial charge in [-0.2, -0.15) is 0 Å². The Kier molecular flexibility index (Phi) is 6.42. The van der Waals surface area contributed by atoms with Gasteiger partial charge in [0.05, 0.1) is 21.4 Å². The highest BCUT2D eigenvalue weighted by molar-refractivity contribution is 9.10. The lowest BCUT2D eigenvalue weighted by Gasteiger charge is -2.08. The first-order chi connectivity index (χ1) is 10.2. The second kappa shape index (κ2) is 8.32. The molecule has 0 heterocycles. The molecular formula is C16H18BrNO2S.